The molecule has 0 aliphatic carbocycles. The highest BCUT2D eigenvalue weighted by Gasteiger charge is 2.31. The van der Waals surface area contributed by atoms with E-state index >= 15 is 0 Å². The summed E-state index contributed by atoms with van der Waals surface area (Å²) in [5, 5.41) is 4.12. The number of rotatable bonds is 3. The fraction of sp³-hybridized carbons (Fsp3) is 0.421. The molecule has 1 aromatic heterocycles. The molecule has 1 aromatic carbocycles. The number of amides is 1. The molecule has 2 aliphatic rings. The van der Waals surface area contributed by atoms with Gasteiger partial charge in [0.25, 0.3) is 5.91 Å². The van der Waals surface area contributed by atoms with Gasteiger partial charge >= 0.3 is 0 Å². The average molecular weight is 376 g/mol. The Balaban J connectivity index is 1.42. The van der Waals surface area contributed by atoms with Crippen LogP contribution >= 0.6 is 22.9 Å². The number of carbonyl (C=O) groups excluding carboxylic acids is 1. The van der Waals surface area contributed by atoms with Gasteiger partial charge < -0.3 is 10.2 Å². The van der Waals surface area contributed by atoms with Crippen molar-refractivity contribution in [1.82, 2.24) is 15.1 Å². The number of benzene rings is 1. The summed E-state index contributed by atoms with van der Waals surface area (Å²) in [6, 6.07) is 12.3. The van der Waals surface area contributed by atoms with E-state index in [2.05, 4.69) is 10.2 Å². The van der Waals surface area contributed by atoms with Gasteiger partial charge in [0, 0.05) is 55.2 Å². The molecule has 1 unspecified atom stereocenters. The summed E-state index contributed by atoms with van der Waals surface area (Å²) in [4.78, 5) is 19.3. The number of nitrogens with one attached hydrogen (secondary N) is 1. The maximum atomic E-state index is 12.9. The average Bonchev–Trinajstić information content (AvgIpc) is 3.33. The van der Waals surface area contributed by atoms with Gasteiger partial charge in [0.15, 0.2) is 0 Å². The fourth-order valence-corrected chi connectivity index (χ4v) is 4.75. The van der Waals surface area contributed by atoms with Gasteiger partial charge in [-0.1, -0.05) is 23.7 Å². The Morgan fingerprint density at radius 3 is 2.60 bits per heavy atom. The van der Waals surface area contributed by atoms with Crippen LogP contribution in [-0.4, -0.2) is 61.0 Å². The van der Waals surface area contributed by atoms with Crippen molar-refractivity contribution in [2.75, 3.05) is 39.3 Å². The zero-order valence-corrected chi connectivity index (χ0v) is 15.7. The summed E-state index contributed by atoms with van der Waals surface area (Å²) >= 11 is 7.52. The molecule has 0 spiro atoms. The monoisotopic (exact) mass is 375 g/mol. The van der Waals surface area contributed by atoms with E-state index in [1.165, 1.54) is 0 Å². The van der Waals surface area contributed by atoms with Crippen LogP contribution in [0.5, 0.6) is 0 Å². The van der Waals surface area contributed by atoms with Crippen molar-refractivity contribution < 1.29 is 4.79 Å². The van der Waals surface area contributed by atoms with Gasteiger partial charge in [-0.25, -0.2) is 0 Å². The molecule has 2 fully saturated rings. The molecular formula is C19H22ClN3OS. The van der Waals surface area contributed by atoms with E-state index < -0.39 is 0 Å². The summed E-state index contributed by atoms with van der Waals surface area (Å²) in [5.41, 5.74) is 1.11. The third-order valence-corrected chi connectivity index (χ3v) is 6.44. The van der Waals surface area contributed by atoms with Crippen LogP contribution in [0, 0.1) is 0 Å². The molecule has 6 heteroatoms. The van der Waals surface area contributed by atoms with Gasteiger partial charge in [-0.2, -0.15) is 0 Å². The highest BCUT2D eigenvalue weighted by molar-refractivity contribution is 7.17. The minimum absolute atomic E-state index is 0.169. The van der Waals surface area contributed by atoms with Crippen LogP contribution in [-0.2, 0) is 0 Å². The molecule has 2 saturated heterocycles. The second-order valence-corrected chi connectivity index (χ2v) is 8.17. The van der Waals surface area contributed by atoms with Crippen molar-refractivity contribution in [3.8, 4) is 10.4 Å². The molecule has 3 heterocycles. The van der Waals surface area contributed by atoms with E-state index in [-0.39, 0.29) is 5.91 Å². The van der Waals surface area contributed by atoms with E-state index in [1.807, 2.05) is 41.3 Å². The third kappa shape index (κ3) is 3.75. The molecule has 0 saturated carbocycles. The van der Waals surface area contributed by atoms with Crippen molar-refractivity contribution in [3.05, 3.63) is 46.3 Å². The van der Waals surface area contributed by atoms with Gasteiger partial charge in [-0.05, 0) is 36.2 Å². The Morgan fingerprint density at radius 2 is 1.84 bits per heavy atom. The summed E-state index contributed by atoms with van der Waals surface area (Å²) < 4.78 is 0. The summed E-state index contributed by atoms with van der Waals surface area (Å²) in [5.74, 6) is 0.169. The molecule has 0 bridgehead atoms. The molecule has 0 radical (unpaired) electrons. The zero-order chi connectivity index (χ0) is 17.2. The highest BCUT2D eigenvalue weighted by Crippen LogP contribution is 2.30. The maximum absolute atomic E-state index is 12.9. The zero-order valence-electron chi connectivity index (χ0n) is 14.1. The van der Waals surface area contributed by atoms with E-state index in [0.717, 1.165) is 66.0 Å². The second-order valence-electron chi connectivity index (χ2n) is 6.65. The number of hydrogen-bond acceptors (Lipinski definition) is 4. The van der Waals surface area contributed by atoms with E-state index in [1.54, 1.807) is 11.3 Å². The summed E-state index contributed by atoms with van der Waals surface area (Å²) in [6.45, 7) is 6.01. The molecule has 1 amide bonds. The Bertz CT molecular complexity index is 739. The molecule has 132 valence electrons. The number of likely N-dealkylation sites (tertiary alicyclic amines) is 1. The Labute approximate surface area is 157 Å². The van der Waals surface area contributed by atoms with Gasteiger partial charge in [-0.3, -0.25) is 9.69 Å². The lowest BCUT2D eigenvalue weighted by Gasteiger charge is -2.32. The number of piperazine rings is 1. The lowest BCUT2D eigenvalue weighted by Crippen LogP contribution is -2.49. The smallest absolute Gasteiger partial charge is 0.263 e. The third-order valence-electron chi connectivity index (χ3n) is 5.06. The molecule has 1 atom stereocenters. The van der Waals surface area contributed by atoms with Crippen molar-refractivity contribution in [2.45, 2.75) is 12.5 Å². The summed E-state index contributed by atoms with van der Waals surface area (Å²) in [7, 11) is 0. The maximum Gasteiger partial charge on any atom is 0.263 e. The first kappa shape index (κ1) is 17.0. The standard InChI is InChI=1S/C19H22ClN3OS/c20-15-3-1-14(2-4-15)17-5-6-18(25-17)19(24)23-10-7-16(13-23)22-11-8-21-9-12-22/h1-6,16,21H,7-13H2. The van der Waals surface area contributed by atoms with Crippen LogP contribution in [0.25, 0.3) is 10.4 Å². The lowest BCUT2D eigenvalue weighted by molar-refractivity contribution is 0.0778. The molecule has 25 heavy (non-hydrogen) atoms. The molecule has 4 nitrogen and oxygen atoms in total. The molecule has 4 rings (SSSR count). The van der Waals surface area contributed by atoms with Gasteiger partial charge in [0.2, 0.25) is 0 Å². The van der Waals surface area contributed by atoms with E-state index in [0.29, 0.717) is 6.04 Å². The van der Waals surface area contributed by atoms with Gasteiger partial charge in [0.1, 0.15) is 0 Å². The van der Waals surface area contributed by atoms with Crippen LogP contribution in [0.15, 0.2) is 36.4 Å². The first-order chi connectivity index (χ1) is 12.2. The topological polar surface area (TPSA) is 35.6 Å². The quantitative estimate of drug-likeness (QED) is 0.894. The van der Waals surface area contributed by atoms with Gasteiger partial charge in [-0.15, -0.1) is 11.3 Å². The Kier molecular flexibility index (Phi) is 5.08. The number of hydrogen-bond donors (Lipinski definition) is 1. The number of halogens is 1. The second kappa shape index (κ2) is 7.46. The molecule has 2 aliphatic heterocycles. The molecule has 2 aromatic rings. The van der Waals surface area contributed by atoms with Crippen molar-refractivity contribution in [2.24, 2.45) is 0 Å². The number of thiophene rings is 1. The fourth-order valence-electron chi connectivity index (χ4n) is 3.65. The van der Waals surface area contributed by atoms with Crippen LogP contribution < -0.4 is 5.32 Å². The number of nitrogens with zero attached hydrogens (tertiary/aromatic N) is 2. The van der Waals surface area contributed by atoms with E-state index in [4.69, 9.17) is 11.6 Å². The SMILES string of the molecule is O=C(c1ccc(-c2ccc(Cl)cc2)s1)N1CCC(N2CCNCC2)C1. The van der Waals surface area contributed by atoms with Crippen molar-refractivity contribution in [3.63, 3.8) is 0 Å². The van der Waals surface area contributed by atoms with Crippen LogP contribution in [0.3, 0.4) is 0 Å². The van der Waals surface area contributed by atoms with Crippen molar-refractivity contribution in [1.29, 1.82) is 0 Å². The predicted octanol–water partition coefficient (Wildman–Crippen LogP) is 3.19. The Morgan fingerprint density at radius 1 is 1.08 bits per heavy atom. The normalized spacial score (nSPS) is 21.6. The first-order valence-electron chi connectivity index (χ1n) is 8.80. The summed E-state index contributed by atoms with van der Waals surface area (Å²) in [6.07, 6.45) is 1.08. The molecular weight excluding hydrogens is 354 g/mol. The minimum Gasteiger partial charge on any atom is -0.336 e. The number of carbonyl (C=O) groups is 1. The van der Waals surface area contributed by atoms with Crippen LogP contribution in [0.4, 0.5) is 0 Å². The van der Waals surface area contributed by atoms with Gasteiger partial charge in [0.05, 0.1) is 4.88 Å². The molecule has 1 N–H and O–H groups in total. The largest absolute Gasteiger partial charge is 0.336 e. The van der Waals surface area contributed by atoms with E-state index in [9.17, 15) is 4.79 Å². The predicted molar refractivity (Wildman–Crippen MR) is 104 cm³/mol. The van der Waals surface area contributed by atoms with Crippen LogP contribution in [0.2, 0.25) is 5.02 Å². The highest BCUT2D eigenvalue weighted by atomic mass is 35.5. The Hall–Kier alpha value is -1.40. The first-order valence-corrected chi connectivity index (χ1v) is 10.00. The van der Waals surface area contributed by atoms with Crippen molar-refractivity contribution >= 4 is 28.8 Å². The minimum atomic E-state index is 0.169. The lowest BCUT2D eigenvalue weighted by atomic mass is 10.2. The van der Waals surface area contributed by atoms with Crippen LogP contribution in [0.1, 0.15) is 16.1 Å².